The highest BCUT2D eigenvalue weighted by Gasteiger charge is 2.34. The third-order valence-electron chi connectivity index (χ3n) is 7.58. The number of amides is 2. The summed E-state index contributed by atoms with van der Waals surface area (Å²) < 4.78 is 31.0. The topological polar surface area (TPSA) is 167 Å². The lowest BCUT2D eigenvalue weighted by Gasteiger charge is -2.36. The second-order valence-electron chi connectivity index (χ2n) is 10.9. The van der Waals surface area contributed by atoms with Crippen molar-refractivity contribution in [2.75, 3.05) is 6.26 Å². The van der Waals surface area contributed by atoms with E-state index in [1.54, 1.807) is 41.1 Å². The van der Waals surface area contributed by atoms with Crippen LogP contribution >= 0.6 is 0 Å². The van der Waals surface area contributed by atoms with Crippen LogP contribution in [0, 0.1) is 0 Å². The van der Waals surface area contributed by atoms with Gasteiger partial charge in [0.1, 0.15) is 11.5 Å². The van der Waals surface area contributed by atoms with Gasteiger partial charge in [-0.05, 0) is 72.4 Å². The number of carbonyl (C=O) groups excluding carboxylic acids is 2. The number of nitrogens with one attached hydrogen (secondary N) is 1. The first-order valence-corrected chi connectivity index (χ1v) is 16.2. The van der Waals surface area contributed by atoms with Gasteiger partial charge in [-0.2, -0.15) is 0 Å². The molecule has 0 fully saturated rings. The number of aromatic carboxylic acids is 2. The van der Waals surface area contributed by atoms with E-state index >= 15 is 0 Å². The highest BCUT2D eigenvalue weighted by molar-refractivity contribution is 7.89. The molecule has 4 aromatic rings. The molecule has 0 aliphatic heterocycles. The first-order valence-electron chi connectivity index (χ1n) is 14.3. The lowest BCUT2D eigenvalue weighted by Crippen LogP contribution is -2.37. The molecule has 1 aliphatic rings. The molecule has 0 saturated carbocycles. The van der Waals surface area contributed by atoms with Crippen LogP contribution < -0.4 is 9.46 Å². The number of hydrogen-bond donors (Lipinski definition) is 3. The first-order chi connectivity index (χ1) is 21.9. The Labute approximate surface area is 265 Å². The number of sulfonamides is 1. The van der Waals surface area contributed by atoms with Crippen LogP contribution in [0.4, 0.5) is 0 Å². The standard InChI is InChI=1S/C34H30N2O9S/c1-46(43,44)35-31(37)26-18-29(34(41)42)27(19-28(26)33(39)40)32(38)36(30-16-8-11-22-10-5-6-15-25(22)30)20-21-9-7-14-24(17-21)45-23-12-3-2-4-13-23/h2-7,9-10,12-15,17-19,30H,8,11,16,20H2,1H3,(H,35,37)(H,39,40)(H,41,42)/t30-/m0/s1. The summed E-state index contributed by atoms with van der Waals surface area (Å²) in [6.45, 7) is 0.0155. The maximum atomic E-state index is 14.5. The highest BCUT2D eigenvalue weighted by Crippen LogP contribution is 2.37. The van der Waals surface area contributed by atoms with E-state index in [0.717, 1.165) is 36.1 Å². The van der Waals surface area contributed by atoms with Gasteiger partial charge in [0.2, 0.25) is 10.0 Å². The molecule has 0 aromatic heterocycles. The van der Waals surface area contributed by atoms with E-state index in [1.165, 1.54) is 4.90 Å². The van der Waals surface area contributed by atoms with Crippen LogP contribution in [-0.4, -0.2) is 53.5 Å². The number of aryl methyl sites for hydroxylation is 1. The average molecular weight is 643 g/mol. The van der Waals surface area contributed by atoms with Gasteiger partial charge in [0, 0.05) is 6.54 Å². The molecule has 0 saturated heterocycles. The van der Waals surface area contributed by atoms with Gasteiger partial charge in [-0.1, -0.05) is 54.6 Å². The number of benzene rings is 4. The molecule has 0 heterocycles. The van der Waals surface area contributed by atoms with Crippen molar-refractivity contribution in [1.82, 2.24) is 9.62 Å². The molecule has 236 valence electrons. The molecule has 4 aromatic carbocycles. The van der Waals surface area contributed by atoms with E-state index in [9.17, 15) is 37.8 Å². The molecular formula is C34H30N2O9S. The van der Waals surface area contributed by atoms with Crippen LogP contribution in [0.2, 0.25) is 0 Å². The van der Waals surface area contributed by atoms with Crippen molar-refractivity contribution in [2.24, 2.45) is 0 Å². The molecule has 0 spiro atoms. The number of carboxylic acids is 2. The van der Waals surface area contributed by atoms with Crippen molar-refractivity contribution >= 4 is 33.8 Å². The molecule has 0 bridgehead atoms. The lowest BCUT2D eigenvalue weighted by atomic mass is 9.86. The lowest BCUT2D eigenvalue weighted by molar-refractivity contribution is 0.0614. The Morgan fingerprint density at radius 3 is 2.13 bits per heavy atom. The fourth-order valence-corrected chi connectivity index (χ4v) is 6.05. The van der Waals surface area contributed by atoms with Crippen molar-refractivity contribution in [3.63, 3.8) is 0 Å². The number of para-hydroxylation sites is 1. The van der Waals surface area contributed by atoms with Crippen LogP contribution in [0.25, 0.3) is 0 Å². The third-order valence-corrected chi connectivity index (χ3v) is 8.13. The summed E-state index contributed by atoms with van der Waals surface area (Å²) in [5.74, 6) is -4.23. The molecule has 11 nitrogen and oxygen atoms in total. The van der Waals surface area contributed by atoms with Gasteiger partial charge in [0.05, 0.1) is 34.6 Å². The number of hydrogen-bond acceptors (Lipinski definition) is 7. The fourth-order valence-electron chi connectivity index (χ4n) is 5.60. The molecule has 5 rings (SSSR count). The van der Waals surface area contributed by atoms with Gasteiger partial charge in [0.25, 0.3) is 11.8 Å². The zero-order valence-electron chi connectivity index (χ0n) is 24.7. The Kier molecular flexibility index (Phi) is 9.19. The SMILES string of the molecule is CS(=O)(=O)NC(=O)c1cc(C(=O)O)c(C(=O)N(Cc2cccc(Oc3ccccc3)c2)[C@H]2CCCc3ccccc32)cc1C(=O)O. The minimum Gasteiger partial charge on any atom is -0.478 e. The largest absolute Gasteiger partial charge is 0.478 e. The minimum atomic E-state index is -4.11. The van der Waals surface area contributed by atoms with Crippen LogP contribution in [0.5, 0.6) is 11.5 Å². The molecule has 0 radical (unpaired) electrons. The Hall–Kier alpha value is -5.49. The van der Waals surface area contributed by atoms with Crippen LogP contribution in [0.15, 0.2) is 91.0 Å². The molecule has 1 aliphatic carbocycles. The smallest absolute Gasteiger partial charge is 0.336 e. The molecule has 46 heavy (non-hydrogen) atoms. The average Bonchev–Trinajstić information content (AvgIpc) is 3.02. The van der Waals surface area contributed by atoms with Gasteiger partial charge in [-0.25, -0.2) is 22.7 Å². The molecule has 3 N–H and O–H groups in total. The Balaban J connectivity index is 1.61. The summed E-state index contributed by atoms with van der Waals surface area (Å²) in [6, 6.07) is 24.9. The van der Waals surface area contributed by atoms with E-state index in [2.05, 4.69) is 0 Å². The summed E-state index contributed by atoms with van der Waals surface area (Å²) >= 11 is 0. The van der Waals surface area contributed by atoms with Crippen molar-refractivity contribution in [1.29, 1.82) is 0 Å². The van der Waals surface area contributed by atoms with E-state index in [1.807, 2.05) is 42.5 Å². The van der Waals surface area contributed by atoms with Crippen molar-refractivity contribution < 1.29 is 42.5 Å². The molecule has 1 atom stereocenters. The zero-order chi connectivity index (χ0) is 33.0. The van der Waals surface area contributed by atoms with E-state index in [0.29, 0.717) is 29.7 Å². The monoisotopic (exact) mass is 642 g/mol. The van der Waals surface area contributed by atoms with E-state index in [-0.39, 0.29) is 6.54 Å². The normalized spacial score (nSPS) is 14.1. The Morgan fingerprint density at radius 2 is 1.43 bits per heavy atom. The summed E-state index contributed by atoms with van der Waals surface area (Å²) in [5, 5.41) is 20.1. The van der Waals surface area contributed by atoms with Crippen molar-refractivity contribution in [2.45, 2.75) is 31.8 Å². The van der Waals surface area contributed by atoms with Crippen LogP contribution in [-0.2, 0) is 23.0 Å². The molecule has 2 amide bonds. The number of rotatable bonds is 10. The third kappa shape index (κ3) is 7.24. The zero-order valence-corrected chi connectivity index (χ0v) is 25.5. The summed E-state index contributed by atoms with van der Waals surface area (Å²) in [7, 11) is -4.11. The van der Waals surface area contributed by atoms with Gasteiger partial charge in [-0.3, -0.25) is 9.59 Å². The maximum Gasteiger partial charge on any atom is 0.336 e. The Bertz CT molecular complexity index is 1940. The molecule has 12 heteroatoms. The van der Waals surface area contributed by atoms with Gasteiger partial charge < -0.3 is 19.8 Å². The van der Waals surface area contributed by atoms with Crippen LogP contribution in [0.1, 0.15) is 77.0 Å². The fraction of sp³-hybridized carbons (Fsp3) is 0.176. The molecule has 0 unspecified atom stereocenters. The van der Waals surface area contributed by atoms with Gasteiger partial charge in [0.15, 0.2) is 0 Å². The summed E-state index contributed by atoms with van der Waals surface area (Å²) in [5.41, 5.74) is 0.0474. The van der Waals surface area contributed by atoms with E-state index in [4.69, 9.17) is 4.74 Å². The number of carbonyl (C=O) groups is 4. The predicted octanol–water partition coefficient (Wildman–Crippen LogP) is 5.28. The minimum absolute atomic E-state index is 0.0155. The quantitative estimate of drug-likeness (QED) is 0.208. The summed E-state index contributed by atoms with van der Waals surface area (Å²) in [4.78, 5) is 53.4. The Morgan fingerprint density at radius 1 is 0.804 bits per heavy atom. The van der Waals surface area contributed by atoms with Crippen molar-refractivity contribution in [3.05, 3.63) is 130 Å². The number of nitrogens with zero attached hydrogens (tertiary/aromatic N) is 1. The maximum absolute atomic E-state index is 14.5. The predicted molar refractivity (Wildman–Crippen MR) is 168 cm³/mol. The number of carboxylic acid groups (broad SMARTS) is 2. The molecular weight excluding hydrogens is 612 g/mol. The number of ether oxygens (including phenoxy) is 1. The van der Waals surface area contributed by atoms with Crippen LogP contribution in [0.3, 0.4) is 0 Å². The summed E-state index contributed by atoms with van der Waals surface area (Å²) in [6.07, 6.45) is 2.80. The van der Waals surface area contributed by atoms with E-state index < -0.39 is 62.1 Å². The highest BCUT2D eigenvalue weighted by atomic mass is 32.2. The van der Waals surface area contributed by atoms with Crippen molar-refractivity contribution in [3.8, 4) is 11.5 Å². The number of fused-ring (bicyclic) bond motifs is 1. The first kappa shape index (κ1) is 31.9. The van der Waals surface area contributed by atoms with Gasteiger partial charge in [-0.15, -0.1) is 0 Å². The second-order valence-corrected chi connectivity index (χ2v) is 12.6. The second kappa shape index (κ2) is 13.2. The van der Waals surface area contributed by atoms with Gasteiger partial charge >= 0.3 is 11.9 Å².